The summed E-state index contributed by atoms with van der Waals surface area (Å²) >= 11 is 0. The summed E-state index contributed by atoms with van der Waals surface area (Å²) in [5.74, 6) is 0.825. The monoisotopic (exact) mass is 252 g/mol. The Balaban J connectivity index is 1.81. The van der Waals surface area contributed by atoms with Crippen LogP contribution >= 0.6 is 0 Å². The van der Waals surface area contributed by atoms with Crippen molar-refractivity contribution in [1.82, 2.24) is 10.2 Å². The van der Waals surface area contributed by atoms with Gasteiger partial charge in [-0.15, -0.1) is 0 Å². The molecule has 0 atom stereocenters. The molecule has 4 heteroatoms. The third-order valence-electron chi connectivity index (χ3n) is 4.38. The molecule has 2 amide bonds. The molecule has 1 saturated heterocycles. The van der Waals surface area contributed by atoms with Gasteiger partial charge in [0.15, 0.2) is 0 Å². The standard InChI is InChI=1S/C14H24N2O2/c1-15-13(17)11-7-9-16(10-8-11)14(18)12-5-3-2-4-6-12/h11-12H,2-10H2,1H3,(H,15,17). The minimum Gasteiger partial charge on any atom is -0.359 e. The molecular weight excluding hydrogens is 228 g/mol. The van der Waals surface area contributed by atoms with E-state index in [9.17, 15) is 9.59 Å². The molecule has 2 aliphatic rings. The highest BCUT2D eigenvalue weighted by molar-refractivity contribution is 5.81. The van der Waals surface area contributed by atoms with Gasteiger partial charge in [-0.2, -0.15) is 0 Å². The average molecular weight is 252 g/mol. The molecule has 0 spiro atoms. The van der Waals surface area contributed by atoms with E-state index >= 15 is 0 Å². The average Bonchev–Trinajstić information content (AvgIpc) is 2.47. The second-order valence-electron chi connectivity index (χ2n) is 5.55. The molecule has 102 valence electrons. The predicted octanol–water partition coefficient (Wildman–Crippen LogP) is 1.55. The van der Waals surface area contributed by atoms with E-state index in [4.69, 9.17) is 0 Å². The van der Waals surface area contributed by atoms with E-state index in [0.29, 0.717) is 5.91 Å². The fraction of sp³-hybridized carbons (Fsp3) is 0.857. The van der Waals surface area contributed by atoms with Crippen molar-refractivity contribution >= 4 is 11.8 Å². The topological polar surface area (TPSA) is 49.4 Å². The van der Waals surface area contributed by atoms with Gasteiger partial charge in [0, 0.05) is 32.0 Å². The number of likely N-dealkylation sites (tertiary alicyclic amines) is 1. The number of piperidine rings is 1. The van der Waals surface area contributed by atoms with E-state index in [1.54, 1.807) is 7.05 Å². The van der Waals surface area contributed by atoms with Crippen molar-refractivity contribution in [3.05, 3.63) is 0 Å². The second kappa shape index (κ2) is 6.21. The summed E-state index contributed by atoms with van der Waals surface area (Å²) in [5.41, 5.74) is 0. The molecule has 1 saturated carbocycles. The van der Waals surface area contributed by atoms with Crippen LogP contribution in [0.5, 0.6) is 0 Å². The Morgan fingerprint density at radius 1 is 0.944 bits per heavy atom. The van der Waals surface area contributed by atoms with Gasteiger partial charge in [-0.3, -0.25) is 9.59 Å². The molecule has 0 aromatic carbocycles. The molecular formula is C14H24N2O2. The van der Waals surface area contributed by atoms with Crippen molar-refractivity contribution in [2.45, 2.75) is 44.9 Å². The Hall–Kier alpha value is -1.06. The fourth-order valence-electron chi connectivity index (χ4n) is 3.17. The van der Waals surface area contributed by atoms with E-state index in [-0.39, 0.29) is 17.7 Å². The second-order valence-corrected chi connectivity index (χ2v) is 5.55. The van der Waals surface area contributed by atoms with Crippen molar-refractivity contribution in [3.8, 4) is 0 Å². The Bertz CT molecular complexity index is 303. The van der Waals surface area contributed by atoms with Crippen molar-refractivity contribution in [2.75, 3.05) is 20.1 Å². The number of carbonyl (C=O) groups excluding carboxylic acids is 2. The highest BCUT2D eigenvalue weighted by Gasteiger charge is 2.30. The maximum atomic E-state index is 12.3. The number of carbonyl (C=O) groups is 2. The quantitative estimate of drug-likeness (QED) is 0.810. The van der Waals surface area contributed by atoms with Gasteiger partial charge in [0.25, 0.3) is 0 Å². The first-order chi connectivity index (χ1) is 8.72. The lowest BCUT2D eigenvalue weighted by Crippen LogP contribution is -2.44. The molecule has 0 aromatic heterocycles. The van der Waals surface area contributed by atoms with E-state index in [0.717, 1.165) is 38.8 Å². The minimum absolute atomic E-state index is 0.102. The molecule has 0 aromatic rings. The first kappa shape index (κ1) is 13.4. The highest BCUT2D eigenvalue weighted by Crippen LogP contribution is 2.27. The van der Waals surface area contributed by atoms with E-state index in [1.165, 1.54) is 19.3 Å². The lowest BCUT2D eigenvalue weighted by Gasteiger charge is -2.34. The minimum atomic E-state index is 0.102. The number of rotatable bonds is 2. The van der Waals surface area contributed by atoms with Crippen LogP contribution in [0.25, 0.3) is 0 Å². The zero-order valence-corrected chi connectivity index (χ0v) is 11.3. The SMILES string of the molecule is CNC(=O)C1CCN(C(=O)C2CCCCC2)CC1. The molecule has 1 N–H and O–H groups in total. The van der Waals surface area contributed by atoms with Gasteiger partial charge >= 0.3 is 0 Å². The van der Waals surface area contributed by atoms with Crippen molar-refractivity contribution < 1.29 is 9.59 Å². The maximum absolute atomic E-state index is 12.3. The zero-order valence-electron chi connectivity index (χ0n) is 11.3. The van der Waals surface area contributed by atoms with Crippen LogP contribution in [0.2, 0.25) is 0 Å². The molecule has 2 rings (SSSR count). The van der Waals surface area contributed by atoms with Gasteiger partial charge in [0.1, 0.15) is 0 Å². The normalized spacial score (nSPS) is 22.8. The molecule has 0 unspecified atom stereocenters. The van der Waals surface area contributed by atoms with Crippen molar-refractivity contribution in [3.63, 3.8) is 0 Å². The maximum Gasteiger partial charge on any atom is 0.225 e. The largest absolute Gasteiger partial charge is 0.359 e. The van der Waals surface area contributed by atoms with Crippen LogP contribution < -0.4 is 5.32 Å². The van der Waals surface area contributed by atoms with Crippen LogP contribution in [0.4, 0.5) is 0 Å². The van der Waals surface area contributed by atoms with Crippen LogP contribution in [0.15, 0.2) is 0 Å². The number of nitrogens with zero attached hydrogens (tertiary/aromatic N) is 1. The Morgan fingerprint density at radius 2 is 1.56 bits per heavy atom. The Kier molecular flexibility index (Phi) is 4.61. The number of amides is 2. The van der Waals surface area contributed by atoms with Gasteiger partial charge in [-0.05, 0) is 25.7 Å². The summed E-state index contributed by atoms with van der Waals surface area (Å²) in [6.07, 6.45) is 7.44. The number of nitrogens with one attached hydrogen (secondary N) is 1. The molecule has 18 heavy (non-hydrogen) atoms. The summed E-state index contributed by atoms with van der Waals surface area (Å²) in [4.78, 5) is 25.8. The number of hydrogen-bond acceptors (Lipinski definition) is 2. The lowest BCUT2D eigenvalue weighted by molar-refractivity contribution is -0.139. The lowest BCUT2D eigenvalue weighted by atomic mass is 9.87. The van der Waals surface area contributed by atoms with Crippen LogP contribution in [-0.2, 0) is 9.59 Å². The van der Waals surface area contributed by atoms with Gasteiger partial charge < -0.3 is 10.2 Å². The van der Waals surface area contributed by atoms with Gasteiger partial charge in [-0.1, -0.05) is 19.3 Å². The van der Waals surface area contributed by atoms with Crippen LogP contribution in [0.1, 0.15) is 44.9 Å². The highest BCUT2D eigenvalue weighted by atomic mass is 16.2. The molecule has 0 bridgehead atoms. The van der Waals surface area contributed by atoms with E-state index in [1.807, 2.05) is 4.90 Å². The number of hydrogen-bond donors (Lipinski definition) is 1. The summed E-state index contributed by atoms with van der Waals surface area (Å²) in [6.45, 7) is 1.51. The van der Waals surface area contributed by atoms with Crippen LogP contribution in [0, 0.1) is 11.8 Å². The van der Waals surface area contributed by atoms with Crippen LogP contribution in [0.3, 0.4) is 0 Å². The van der Waals surface area contributed by atoms with E-state index in [2.05, 4.69) is 5.32 Å². The van der Waals surface area contributed by atoms with Gasteiger partial charge in [-0.25, -0.2) is 0 Å². The molecule has 1 heterocycles. The summed E-state index contributed by atoms with van der Waals surface area (Å²) in [5, 5.41) is 2.70. The van der Waals surface area contributed by atoms with Gasteiger partial charge in [0.05, 0.1) is 0 Å². The van der Waals surface area contributed by atoms with Gasteiger partial charge in [0.2, 0.25) is 11.8 Å². The third kappa shape index (κ3) is 3.03. The first-order valence-electron chi connectivity index (χ1n) is 7.22. The molecule has 0 radical (unpaired) electrons. The van der Waals surface area contributed by atoms with Crippen molar-refractivity contribution in [2.24, 2.45) is 11.8 Å². The summed E-state index contributed by atoms with van der Waals surface area (Å²) < 4.78 is 0. The molecule has 1 aliphatic heterocycles. The van der Waals surface area contributed by atoms with E-state index < -0.39 is 0 Å². The third-order valence-corrected chi connectivity index (χ3v) is 4.38. The van der Waals surface area contributed by atoms with Crippen LogP contribution in [-0.4, -0.2) is 36.9 Å². The molecule has 4 nitrogen and oxygen atoms in total. The molecule has 2 fully saturated rings. The Labute approximate surface area is 109 Å². The first-order valence-corrected chi connectivity index (χ1v) is 7.22. The Morgan fingerprint density at radius 3 is 2.11 bits per heavy atom. The summed E-state index contributed by atoms with van der Waals surface area (Å²) in [7, 11) is 1.68. The fourth-order valence-corrected chi connectivity index (χ4v) is 3.17. The summed E-state index contributed by atoms with van der Waals surface area (Å²) in [6, 6.07) is 0. The predicted molar refractivity (Wildman–Crippen MR) is 69.9 cm³/mol. The molecule has 1 aliphatic carbocycles. The van der Waals surface area contributed by atoms with Crippen molar-refractivity contribution in [1.29, 1.82) is 0 Å². The zero-order chi connectivity index (χ0) is 13.0. The smallest absolute Gasteiger partial charge is 0.225 e.